The van der Waals surface area contributed by atoms with Crippen molar-refractivity contribution in [3.05, 3.63) is 77.0 Å². The fourth-order valence-electron chi connectivity index (χ4n) is 3.11. The summed E-state index contributed by atoms with van der Waals surface area (Å²) in [6.07, 6.45) is 0. The number of H-pyrrole nitrogens is 1. The first-order chi connectivity index (χ1) is 9.36. The molecule has 0 spiro atoms. The Labute approximate surface area is 112 Å². The monoisotopic (exact) mass is 246 g/mol. The third-order valence-corrected chi connectivity index (χ3v) is 3.94. The van der Waals surface area contributed by atoms with E-state index in [0.717, 1.165) is 5.69 Å². The molecule has 0 saturated heterocycles. The Morgan fingerprint density at radius 3 is 2.53 bits per heavy atom. The van der Waals surface area contributed by atoms with Crippen molar-refractivity contribution in [2.45, 2.75) is 12.8 Å². The number of nitrogens with one attached hydrogen (secondary N) is 1. The Kier molecular flexibility index (Phi) is 2.12. The van der Waals surface area contributed by atoms with Crippen LogP contribution in [0.4, 0.5) is 0 Å². The summed E-state index contributed by atoms with van der Waals surface area (Å²) in [5.74, 6) is 0.311. The van der Waals surface area contributed by atoms with Crippen molar-refractivity contribution in [2.24, 2.45) is 0 Å². The van der Waals surface area contributed by atoms with E-state index in [0.29, 0.717) is 5.92 Å². The van der Waals surface area contributed by atoms with Crippen molar-refractivity contribution < 1.29 is 0 Å². The average Bonchev–Trinajstić information content (AvgIpc) is 2.99. The van der Waals surface area contributed by atoms with Crippen molar-refractivity contribution in [2.75, 3.05) is 0 Å². The molecule has 1 atom stereocenters. The van der Waals surface area contributed by atoms with Gasteiger partial charge in [-0.3, -0.25) is 5.10 Å². The molecule has 0 fully saturated rings. The lowest BCUT2D eigenvalue weighted by atomic mass is 9.89. The van der Waals surface area contributed by atoms with Crippen molar-refractivity contribution in [1.29, 1.82) is 0 Å². The lowest BCUT2D eigenvalue weighted by molar-refractivity contribution is 0.974. The molecule has 1 N–H and O–H groups in total. The topological polar surface area (TPSA) is 28.7 Å². The van der Waals surface area contributed by atoms with Crippen LogP contribution in [0.2, 0.25) is 0 Å². The van der Waals surface area contributed by atoms with E-state index in [1.54, 1.807) is 0 Å². The minimum atomic E-state index is 0.311. The van der Waals surface area contributed by atoms with Gasteiger partial charge in [0.1, 0.15) is 0 Å². The number of benzene rings is 2. The van der Waals surface area contributed by atoms with Crippen molar-refractivity contribution in [1.82, 2.24) is 10.2 Å². The van der Waals surface area contributed by atoms with E-state index in [2.05, 4.69) is 71.7 Å². The first kappa shape index (κ1) is 10.6. The highest BCUT2D eigenvalue weighted by Gasteiger charge is 2.33. The van der Waals surface area contributed by atoms with Gasteiger partial charge in [-0.1, -0.05) is 54.6 Å². The van der Waals surface area contributed by atoms with E-state index in [4.69, 9.17) is 0 Å². The molecule has 2 nitrogen and oxygen atoms in total. The fourth-order valence-corrected chi connectivity index (χ4v) is 3.11. The minimum absolute atomic E-state index is 0.311. The van der Waals surface area contributed by atoms with Crippen LogP contribution in [0.5, 0.6) is 0 Å². The second kappa shape index (κ2) is 3.82. The number of aryl methyl sites for hydroxylation is 1. The van der Waals surface area contributed by atoms with Crippen molar-refractivity contribution in [3.63, 3.8) is 0 Å². The van der Waals surface area contributed by atoms with Gasteiger partial charge < -0.3 is 0 Å². The van der Waals surface area contributed by atoms with Crippen molar-refractivity contribution in [3.8, 4) is 11.3 Å². The summed E-state index contributed by atoms with van der Waals surface area (Å²) in [4.78, 5) is 0. The van der Waals surface area contributed by atoms with Crippen LogP contribution in [0.1, 0.15) is 28.3 Å². The van der Waals surface area contributed by atoms with E-state index in [1.165, 1.54) is 27.9 Å². The van der Waals surface area contributed by atoms with Gasteiger partial charge in [-0.2, -0.15) is 5.10 Å². The molecule has 0 amide bonds. The molecule has 2 aromatic carbocycles. The molecule has 1 aliphatic carbocycles. The molecular weight excluding hydrogens is 232 g/mol. The first-order valence-corrected chi connectivity index (χ1v) is 6.55. The zero-order valence-electron chi connectivity index (χ0n) is 10.7. The molecule has 4 rings (SSSR count). The van der Waals surface area contributed by atoms with Gasteiger partial charge >= 0.3 is 0 Å². The highest BCUT2D eigenvalue weighted by Crippen LogP contribution is 2.47. The molecule has 92 valence electrons. The first-order valence-electron chi connectivity index (χ1n) is 6.55. The number of aromatic nitrogens is 2. The van der Waals surface area contributed by atoms with E-state index < -0.39 is 0 Å². The van der Waals surface area contributed by atoms with Crippen LogP contribution in [0.3, 0.4) is 0 Å². The predicted octanol–water partition coefficient (Wildman–Crippen LogP) is 3.88. The zero-order chi connectivity index (χ0) is 12.8. The van der Waals surface area contributed by atoms with Crippen LogP contribution >= 0.6 is 0 Å². The summed E-state index contributed by atoms with van der Waals surface area (Å²) < 4.78 is 0. The summed E-state index contributed by atoms with van der Waals surface area (Å²) in [5, 5.41) is 7.62. The van der Waals surface area contributed by atoms with Gasteiger partial charge in [0.05, 0.1) is 5.69 Å². The minimum Gasteiger partial charge on any atom is -0.282 e. The van der Waals surface area contributed by atoms with E-state index in [-0.39, 0.29) is 0 Å². The molecule has 1 aliphatic rings. The lowest BCUT2D eigenvalue weighted by Gasteiger charge is -2.14. The molecule has 0 aliphatic heterocycles. The Bertz CT molecular complexity index is 741. The molecule has 1 aromatic heterocycles. The molecule has 0 bridgehead atoms. The van der Waals surface area contributed by atoms with Crippen LogP contribution in [0.25, 0.3) is 11.3 Å². The van der Waals surface area contributed by atoms with Gasteiger partial charge in [0.15, 0.2) is 0 Å². The third-order valence-electron chi connectivity index (χ3n) is 3.94. The second-order valence-corrected chi connectivity index (χ2v) is 5.04. The van der Waals surface area contributed by atoms with E-state index in [9.17, 15) is 0 Å². The standard InChI is InChI=1S/C17H14N2/c1-11-15-16(12-7-3-2-4-8-12)13-9-5-6-10-14(13)17(15)19-18-11/h2-10,16H,1H3,(H,18,19)/t16-/m1/s1. The maximum absolute atomic E-state index is 4.49. The van der Waals surface area contributed by atoms with Crippen LogP contribution in [-0.2, 0) is 0 Å². The normalized spacial score (nSPS) is 16.2. The number of rotatable bonds is 1. The molecule has 2 heteroatoms. The molecule has 19 heavy (non-hydrogen) atoms. The van der Waals surface area contributed by atoms with E-state index >= 15 is 0 Å². The number of aromatic amines is 1. The second-order valence-electron chi connectivity index (χ2n) is 5.04. The molecular formula is C17H14N2. The highest BCUT2D eigenvalue weighted by atomic mass is 15.1. The summed E-state index contributed by atoms with van der Waals surface area (Å²) in [5.41, 5.74) is 7.56. The van der Waals surface area contributed by atoms with Gasteiger partial charge in [-0.25, -0.2) is 0 Å². The lowest BCUT2D eigenvalue weighted by Crippen LogP contribution is -2.00. The Morgan fingerprint density at radius 1 is 0.947 bits per heavy atom. The smallest absolute Gasteiger partial charge is 0.0968 e. The summed E-state index contributed by atoms with van der Waals surface area (Å²) in [7, 11) is 0. The quantitative estimate of drug-likeness (QED) is 0.542. The largest absolute Gasteiger partial charge is 0.282 e. The average molecular weight is 246 g/mol. The van der Waals surface area contributed by atoms with Crippen LogP contribution in [0.15, 0.2) is 54.6 Å². The number of fused-ring (bicyclic) bond motifs is 3. The number of hydrogen-bond acceptors (Lipinski definition) is 1. The number of hydrogen-bond donors (Lipinski definition) is 1. The highest BCUT2D eigenvalue weighted by molar-refractivity contribution is 5.78. The maximum Gasteiger partial charge on any atom is 0.0968 e. The van der Waals surface area contributed by atoms with Gasteiger partial charge in [-0.15, -0.1) is 0 Å². The van der Waals surface area contributed by atoms with Crippen LogP contribution in [-0.4, -0.2) is 10.2 Å². The summed E-state index contributed by atoms with van der Waals surface area (Å²) in [6, 6.07) is 19.2. The predicted molar refractivity (Wildman–Crippen MR) is 76.1 cm³/mol. The SMILES string of the molecule is Cc1[nH]nc2c1[C@H](c1ccccc1)c1ccccc1-2. The summed E-state index contributed by atoms with van der Waals surface area (Å²) >= 11 is 0. The molecule has 0 unspecified atom stereocenters. The summed E-state index contributed by atoms with van der Waals surface area (Å²) in [6.45, 7) is 2.10. The van der Waals surface area contributed by atoms with Gasteiger partial charge in [0.25, 0.3) is 0 Å². The third kappa shape index (κ3) is 1.40. The van der Waals surface area contributed by atoms with Gasteiger partial charge in [-0.05, 0) is 18.1 Å². The molecule has 3 aromatic rings. The molecule has 0 saturated carbocycles. The fraction of sp³-hybridized carbons (Fsp3) is 0.118. The van der Waals surface area contributed by atoms with E-state index in [1.807, 2.05) is 0 Å². The van der Waals surface area contributed by atoms with Crippen molar-refractivity contribution >= 4 is 0 Å². The Morgan fingerprint density at radius 2 is 1.68 bits per heavy atom. The van der Waals surface area contributed by atoms with Gasteiger partial charge in [0.2, 0.25) is 0 Å². The van der Waals surface area contributed by atoms with Crippen LogP contribution < -0.4 is 0 Å². The Balaban J connectivity index is 2.03. The number of nitrogens with zero attached hydrogens (tertiary/aromatic N) is 1. The zero-order valence-corrected chi connectivity index (χ0v) is 10.7. The maximum atomic E-state index is 4.49. The van der Waals surface area contributed by atoms with Gasteiger partial charge in [0, 0.05) is 22.7 Å². The molecule has 1 heterocycles. The Hall–Kier alpha value is -2.35. The molecule has 0 radical (unpaired) electrons. The van der Waals surface area contributed by atoms with Crippen LogP contribution in [0, 0.1) is 6.92 Å².